The lowest BCUT2D eigenvalue weighted by Gasteiger charge is -2.39. The molecule has 5 nitrogen and oxygen atoms in total. The predicted molar refractivity (Wildman–Crippen MR) is 101 cm³/mol. The number of amides is 2. The Balaban J connectivity index is 1.58. The number of likely N-dealkylation sites (tertiary alicyclic amines) is 1. The maximum Gasteiger partial charge on any atom is 0.324 e. The highest BCUT2D eigenvalue weighted by molar-refractivity contribution is 5.97. The molecule has 4 rings (SSSR count). The first kappa shape index (κ1) is 16.8. The van der Waals surface area contributed by atoms with E-state index in [0.29, 0.717) is 32.7 Å². The second-order valence-corrected chi connectivity index (χ2v) is 6.97. The Hall–Kier alpha value is -2.60. The highest BCUT2D eigenvalue weighted by atomic mass is 19.1. The third-order valence-corrected chi connectivity index (χ3v) is 5.10. The number of nitrogens with zero attached hydrogens (tertiary/aromatic N) is 3. The molecule has 0 aliphatic carbocycles. The van der Waals surface area contributed by atoms with Gasteiger partial charge in [-0.25, -0.2) is 9.18 Å². The van der Waals surface area contributed by atoms with Crippen molar-refractivity contribution in [3.63, 3.8) is 0 Å². The lowest BCUT2D eigenvalue weighted by atomic mass is 10.1. The maximum absolute atomic E-state index is 13.5. The number of benzene rings is 2. The van der Waals surface area contributed by atoms with Crippen molar-refractivity contribution in [2.75, 3.05) is 36.0 Å². The molecule has 136 valence electrons. The molecule has 2 amide bonds. The fourth-order valence-electron chi connectivity index (χ4n) is 3.77. The van der Waals surface area contributed by atoms with Crippen molar-refractivity contribution in [3.8, 4) is 0 Å². The SMILES string of the molecule is N[C@H]1CCN(C(=O)N2CCN(Cc3cccc(F)c3)c3ccccc32)C1. The number of halogens is 1. The summed E-state index contributed by atoms with van der Waals surface area (Å²) in [5, 5.41) is 0. The van der Waals surface area contributed by atoms with Gasteiger partial charge in [0.1, 0.15) is 5.82 Å². The zero-order chi connectivity index (χ0) is 18.1. The van der Waals surface area contributed by atoms with Gasteiger partial charge < -0.3 is 15.5 Å². The third-order valence-electron chi connectivity index (χ3n) is 5.10. The first-order valence-corrected chi connectivity index (χ1v) is 9.02. The summed E-state index contributed by atoms with van der Waals surface area (Å²) in [5.41, 5.74) is 8.78. The van der Waals surface area contributed by atoms with E-state index in [-0.39, 0.29) is 17.9 Å². The van der Waals surface area contributed by atoms with Crippen LogP contribution >= 0.6 is 0 Å². The number of rotatable bonds is 2. The molecule has 0 unspecified atom stereocenters. The van der Waals surface area contributed by atoms with E-state index in [0.717, 1.165) is 23.4 Å². The Morgan fingerprint density at radius 1 is 1.08 bits per heavy atom. The second kappa shape index (κ2) is 6.96. The van der Waals surface area contributed by atoms with Crippen LogP contribution in [0.1, 0.15) is 12.0 Å². The summed E-state index contributed by atoms with van der Waals surface area (Å²) < 4.78 is 13.5. The van der Waals surface area contributed by atoms with Crippen molar-refractivity contribution in [1.29, 1.82) is 0 Å². The Labute approximate surface area is 152 Å². The van der Waals surface area contributed by atoms with Gasteiger partial charge in [-0.2, -0.15) is 0 Å². The number of nitrogens with two attached hydrogens (primary N) is 1. The standard InChI is InChI=1S/C20H23FN4O/c21-16-5-3-4-15(12-16)13-23-10-11-25(19-7-2-1-6-18(19)23)20(26)24-9-8-17(22)14-24/h1-7,12,17H,8-11,13-14,22H2/t17-/m0/s1. The van der Waals surface area contributed by atoms with E-state index < -0.39 is 0 Å². The number of carbonyl (C=O) groups excluding carboxylic acids is 1. The van der Waals surface area contributed by atoms with E-state index >= 15 is 0 Å². The molecule has 2 aromatic rings. The van der Waals surface area contributed by atoms with Crippen LogP contribution in [0.4, 0.5) is 20.6 Å². The van der Waals surface area contributed by atoms with Crippen molar-refractivity contribution < 1.29 is 9.18 Å². The summed E-state index contributed by atoms with van der Waals surface area (Å²) in [4.78, 5) is 18.8. The summed E-state index contributed by atoms with van der Waals surface area (Å²) in [6.07, 6.45) is 0.854. The number of hydrogen-bond donors (Lipinski definition) is 1. The molecule has 0 aromatic heterocycles. The van der Waals surface area contributed by atoms with Crippen LogP contribution in [0.5, 0.6) is 0 Å². The molecule has 0 spiro atoms. The summed E-state index contributed by atoms with van der Waals surface area (Å²) in [6.45, 7) is 3.26. The highest BCUT2D eigenvalue weighted by Crippen LogP contribution is 2.34. The van der Waals surface area contributed by atoms with Gasteiger partial charge in [0.05, 0.1) is 11.4 Å². The van der Waals surface area contributed by atoms with E-state index in [1.165, 1.54) is 6.07 Å². The van der Waals surface area contributed by atoms with Crippen molar-refractivity contribution in [1.82, 2.24) is 4.90 Å². The van der Waals surface area contributed by atoms with E-state index in [2.05, 4.69) is 4.90 Å². The van der Waals surface area contributed by atoms with Crippen LogP contribution in [-0.2, 0) is 6.54 Å². The van der Waals surface area contributed by atoms with Gasteiger partial charge in [-0.1, -0.05) is 24.3 Å². The molecule has 2 aliphatic rings. The quantitative estimate of drug-likeness (QED) is 0.902. The summed E-state index contributed by atoms with van der Waals surface area (Å²) in [5.74, 6) is -0.227. The van der Waals surface area contributed by atoms with Crippen LogP contribution in [0.15, 0.2) is 48.5 Å². The van der Waals surface area contributed by atoms with Crippen LogP contribution < -0.4 is 15.5 Å². The van der Waals surface area contributed by atoms with Crippen molar-refractivity contribution in [3.05, 3.63) is 59.9 Å². The molecule has 2 N–H and O–H groups in total. The number of anilines is 2. The topological polar surface area (TPSA) is 52.8 Å². The Kier molecular flexibility index (Phi) is 4.51. The lowest BCUT2D eigenvalue weighted by molar-refractivity contribution is 0.214. The number of para-hydroxylation sites is 2. The molecule has 26 heavy (non-hydrogen) atoms. The zero-order valence-electron chi connectivity index (χ0n) is 14.6. The first-order valence-electron chi connectivity index (χ1n) is 9.02. The molecule has 2 aromatic carbocycles. The van der Waals surface area contributed by atoms with Crippen molar-refractivity contribution in [2.45, 2.75) is 19.0 Å². The largest absolute Gasteiger partial charge is 0.364 e. The normalized spacial score (nSPS) is 19.6. The van der Waals surface area contributed by atoms with Crippen LogP contribution in [0.3, 0.4) is 0 Å². The smallest absolute Gasteiger partial charge is 0.324 e. The van der Waals surface area contributed by atoms with Gasteiger partial charge in [0.25, 0.3) is 0 Å². The van der Waals surface area contributed by atoms with Gasteiger partial charge in [-0.3, -0.25) is 4.90 Å². The van der Waals surface area contributed by atoms with Crippen LogP contribution in [-0.4, -0.2) is 43.2 Å². The summed E-state index contributed by atoms with van der Waals surface area (Å²) in [7, 11) is 0. The van der Waals surface area contributed by atoms with Crippen LogP contribution in [0, 0.1) is 5.82 Å². The van der Waals surface area contributed by atoms with E-state index in [4.69, 9.17) is 5.73 Å². The monoisotopic (exact) mass is 354 g/mol. The molecule has 0 saturated carbocycles. The predicted octanol–water partition coefficient (Wildman–Crippen LogP) is 2.81. The van der Waals surface area contributed by atoms with E-state index in [9.17, 15) is 9.18 Å². The lowest BCUT2D eigenvalue weighted by Crippen LogP contribution is -2.49. The minimum Gasteiger partial charge on any atom is -0.364 e. The van der Waals surface area contributed by atoms with Gasteiger partial charge in [0.15, 0.2) is 0 Å². The molecular formula is C20H23FN4O. The molecule has 6 heteroatoms. The van der Waals surface area contributed by atoms with Crippen molar-refractivity contribution >= 4 is 17.4 Å². The average molecular weight is 354 g/mol. The van der Waals surface area contributed by atoms with Gasteiger partial charge in [0.2, 0.25) is 0 Å². The van der Waals surface area contributed by atoms with Gasteiger partial charge >= 0.3 is 6.03 Å². The fourth-order valence-corrected chi connectivity index (χ4v) is 3.77. The Morgan fingerprint density at radius 2 is 1.88 bits per heavy atom. The van der Waals surface area contributed by atoms with E-state index in [1.807, 2.05) is 40.1 Å². The number of urea groups is 1. The zero-order valence-corrected chi connectivity index (χ0v) is 14.6. The molecule has 0 radical (unpaired) electrons. The number of fused-ring (bicyclic) bond motifs is 1. The van der Waals surface area contributed by atoms with Gasteiger partial charge in [-0.15, -0.1) is 0 Å². The second-order valence-electron chi connectivity index (χ2n) is 6.97. The maximum atomic E-state index is 13.5. The summed E-state index contributed by atoms with van der Waals surface area (Å²) >= 11 is 0. The van der Waals surface area contributed by atoms with Gasteiger partial charge in [-0.05, 0) is 36.2 Å². The van der Waals surface area contributed by atoms with Crippen LogP contribution in [0.2, 0.25) is 0 Å². The Bertz CT molecular complexity index is 812. The minimum absolute atomic E-state index is 0.0239. The Morgan fingerprint density at radius 3 is 2.62 bits per heavy atom. The molecule has 1 fully saturated rings. The summed E-state index contributed by atoms with van der Waals surface area (Å²) in [6, 6.07) is 14.7. The molecule has 0 bridgehead atoms. The average Bonchev–Trinajstić information content (AvgIpc) is 3.08. The van der Waals surface area contributed by atoms with Gasteiger partial charge in [0, 0.05) is 38.8 Å². The number of carbonyl (C=O) groups is 1. The molecule has 2 heterocycles. The molecule has 1 atom stereocenters. The first-order chi connectivity index (χ1) is 12.6. The number of hydrogen-bond acceptors (Lipinski definition) is 3. The minimum atomic E-state index is -0.227. The third kappa shape index (κ3) is 3.24. The molecular weight excluding hydrogens is 331 g/mol. The fraction of sp³-hybridized carbons (Fsp3) is 0.350. The van der Waals surface area contributed by atoms with E-state index in [1.54, 1.807) is 12.1 Å². The van der Waals surface area contributed by atoms with Crippen molar-refractivity contribution in [2.24, 2.45) is 5.73 Å². The molecule has 1 saturated heterocycles. The molecule has 2 aliphatic heterocycles. The highest BCUT2D eigenvalue weighted by Gasteiger charge is 2.32. The van der Waals surface area contributed by atoms with Crippen LogP contribution in [0.25, 0.3) is 0 Å².